The van der Waals surface area contributed by atoms with Crippen molar-refractivity contribution in [3.8, 4) is 5.75 Å². The Morgan fingerprint density at radius 3 is 2.90 bits per heavy atom. The molecule has 1 N–H and O–H groups in total. The van der Waals surface area contributed by atoms with Gasteiger partial charge >= 0.3 is 0 Å². The van der Waals surface area contributed by atoms with E-state index in [0.29, 0.717) is 23.3 Å². The minimum atomic E-state index is 0.523. The second-order valence-corrected chi connectivity index (χ2v) is 4.73. The number of halogens is 1. The van der Waals surface area contributed by atoms with Gasteiger partial charge < -0.3 is 15.0 Å². The van der Waals surface area contributed by atoms with E-state index in [1.807, 2.05) is 36.2 Å². The zero-order valence-electron chi connectivity index (χ0n) is 11.7. The lowest BCUT2D eigenvalue weighted by Gasteiger charge is -2.20. The van der Waals surface area contributed by atoms with Gasteiger partial charge in [-0.05, 0) is 17.7 Å². The van der Waals surface area contributed by atoms with Crippen molar-refractivity contribution in [3.63, 3.8) is 0 Å². The van der Waals surface area contributed by atoms with Crippen molar-refractivity contribution in [3.05, 3.63) is 41.0 Å². The fraction of sp³-hybridized carbons (Fsp3) is 0.286. The molecule has 1 aromatic heterocycles. The van der Waals surface area contributed by atoms with Gasteiger partial charge in [0.1, 0.15) is 10.8 Å². The summed E-state index contributed by atoms with van der Waals surface area (Å²) in [6, 6.07) is 7.90. The van der Waals surface area contributed by atoms with Crippen molar-refractivity contribution in [2.75, 3.05) is 31.4 Å². The molecule has 0 fully saturated rings. The number of methoxy groups -OCH3 is 1. The molecule has 1 heterocycles. The van der Waals surface area contributed by atoms with Crippen LogP contribution in [0.1, 0.15) is 5.56 Å². The summed E-state index contributed by atoms with van der Waals surface area (Å²) in [6.45, 7) is 0.678. The first kappa shape index (κ1) is 14.4. The van der Waals surface area contributed by atoms with E-state index >= 15 is 0 Å². The maximum Gasteiger partial charge on any atom is 0.224 e. The molecule has 5 nitrogen and oxygen atoms in total. The van der Waals surface area contributed by atoms with Crippen LogP contribution < -0.4 is 15.0 Å². The van der Waals surface area contributed by atoms with E-state index in [2.05, 4.69) is 15.3 Å². The molecule has 0 aliphatic rings. The minimum Gasteiger partial charge on any atom is -0.497 e. The van der Waals surface area contributed by atoms with Crippen LogP contribution in [0.4, 0.5) is 11.8 Å². The number of aromatic nitrogens is 2. The lowest BCUT2D eigenvalue weighted by atomic mass is 10.2. The van der Waals surface area contributed by atoms with Crippen LogP contribution in [0, 0.1) is 0 Å². The summed E-state index contributed by atoms with van der Waals surface area (Å²) in [5.41, 5.74) is 1.12. The third-order valence-electron chi connectivity index (χ3n) is 2.86. The van der Waals surface area contributed by atoms with E-state index in [9.17, 15) is 0 Å². The van der Waals surface area contributed by atoms with E-state index in [1.165, 1.54) is 0 Å². The lowest BCUT2D eigenvalue weighted by Crippen LogP contribution is -2.19. The number of anilines is 2. The normalized spacial score (nSPS) is 10.2. The lowest BCUT2D eigenvalue weighted by molar-refractivity contribution is 0.414. The number of hydrogen-bond acceptors (Lipinski definition) is 5. The Hall–Kier alpha value is -2.01. The maximum absolute atomic E-state index is 6.15. The second kappa shape index (κ2) is 6.43. The van der Waals surface area contributed by atoms with Gasteiger partial charge in [0.2, 0.25) is 5.95 Å². The van der Waals surface area contributed by atoms with Crippen LogP contribution in [-0.4, -0.2) is 31.2 Å². The largest absolute Gasteiger partial charge is 0.497 e. The van der Waals surface area contributed by atoms with E-state index in [1.54, 1.807) is 20.4 Å². The summed E-state index contributed by atoms with van der Waals surface area (Å²) in [5.74, 6) is 2.07. The second-order valence-electron chi connectivity index (χ2n) is 4.32. The molecule has 2 aromatic rings. The van der Waals surface area contributed by atoms with Gasteiger partial charge in [-0.15, -0.1) is 0 Å². The summed E-state index contributed by atoms with van der Waals surface area (Å²) in [5, 5.41) is 3.43. The third kappa shape index (κ3) is 3.30. The minimum absolute atomic E-state index is 0.523. The fourth-order valence-electron chi connectivity index (χ4n) is 1.87. The Balaban J connectivity index is 2.20. The van der Waals surface area contributed by atoms with E-state index in [4.69, 9.17) is 16.3 Å². The zero-order chi connectivity index (χ0) is 14.5. The number of nitrogens with one attached hydrogen (secondary N) is 1. The number of rotatable bonds is 5. The molecule has 0 spiro atoms. The Labute approximate surface area is 123 Å². The van der Waals surface area contributed by atoms with Crippen LogP contribution in [-0.2, 0) is 6.54 Å². The Morgan fingerprint density at radius 2 is 2.20 bits per heavy atom. The van der Waals surface area contributed by atoms with Crippen molar-refractivity contribution < 1.29 is 4.74 Å². The van der Waals surface area contributed by atoms with Gasteiger partial charge in [0.25, 0.3) is 0 Å². The van der Waals surface area contributed by atoms with Crippen LogP contribution in [0.25, 0.3) is 0 Å². The van der Waals surface area contributed by atoms with Crippen molar-refractivity contribution in [2.45, 2.75) is 6.54 Å². The molecular weight excluding hydrogens is 276 g/mol. The average Bonchev–Trinajstić information content (AvgIpc) is 2.47. The number of ether oxygens (including phenoxy) is 1. The number of hydrogen-bond donors (Lipinski definition) is 1. The zero-order valence-corrected chi connectivity index (χ0v) is 12.5. The number of benzene rings is 1. The average molecular weight is 293 g/mol. The van der Waals surface area contributed by atoms with Gasteiger partial charge in [-0.2, -0.15) is 4.98 Å². The van der Waals surface area contributed by atoms with Gasteiger partial charge in [-0.25, -0.2) is 4.98 Å². The highest BCUT2D eigenvalue weighted by Gasteiger charge is 2.10. The van der Waals surface area contributed by atoms with Gasteiger partial charge in [0.15, 0.2) is 5.82 Å². The first-order valence-electron chi connectivity index (χ1n) is 6.18. The van der Waals surface area contributed by atoms with Gasteiger partial charge in [-0.3, -0.25) is 0 Å². The van der Waals surface area contributed by atoms with Gasteiger partial charge in [-0.1, -0.05) is 23.7 Å². The molecule has 0 saturated carbocycles. The molecular formula is C14H17ClN4O. The predicted octanol–water partition coefficient (Wildman–Crippen LogP) is 2.82. The summed E-state index contributed by atoms with van der Waals surface area (Å²) in [7, 11) is 5.37. The molecule has 0 aliphatic carbocycles. The molecule has 20 heavy (non-hydrogen) atoms. The highest BCUT2D eigenvalue weighted by molar-refractivity contribution is 6.32. The predicted molar refractivity (Wildman–Crippen MR) is 81.7 cm³/mol. The summed E-state index contributed by atoms with van der Waals surface area (Å²) in [6.07, 6.45) is 1.60. The quantitative estimate of drug-likeness (QED) is 0.918. The molecule has 106 valence electrons. The van der Waals surface area contributed by atoms with Crippen molar-refractivity contribution in [1.82, 2.24) is 9.97 Å². The molecule has 0 bridgehead atoms. The molecule has 0 amide bonds. The highest BCUT2D eigenvalue weighted by Crippen LogP contribution is 2.24. The standard InChI is InChI=1S/C14H17ClN4O/c1-16-14-17-8-12(15)13(18-14)19(2)9-10-5-4-6-11(7-10)20-3/h4-8H,9H2,1-3H3,(H,16,17,18). The summed E-state index contributed by atoms with van der Waals surface area (Å²) in [4.78, 5) is 10.4. The fourth-order valence-corrected chi connectivity index (χ4v) is 2.10. The maximum atomic E-state index is 6.15. The SMILES string of the molecule is CNc1ncc(Cl)c(N(C)Cc2cccc(OC)c2)n1. The molecule has 6 heteroatoms. The summed E-state index contributed by atoms with van der Waals surface area (Å²) < 4.78 is 5.22. The monoisotopic (exact) mass is 292 g/mol. The molecule has 0 radical (unpaired) electrons. The van der Waals surface area contributed by atoms with Crippen LogP contribution in [0.5, 0.6) is 5.75 Å². The Kier molecular flexibility index (Phi) is 4.63. The van der Waals surface area contributed by atoms with Crippen LogP contribution in [0.3, 0.4) is 0 Å². The molecule has 0 aliphatic heterocycles. The Bertz CT molecular complexity index is 591. The van der Waals surface area contributed by atoms with Crippen molar-refractivity contribution in [2.24, 2.45) is 0 Å². The van der Waals surface area contributed by atoms with Crippen molar-refractivity contribution >= 4 is 23.4 Å². The van der Waals surface area contributed by atoms with E-state index < -0.39 is 0 Å². The third-order valence-corrected chi connectivity index (χ3v) is 3.13. The molecule has 2 rings (SSSR count). The molecule has 1 aromatic carbocycles. The topological polar surface area (TPSA) is 50.3 Å². The Morgan fingerprint density at radius 1 is 1.40 bits per heavy atom. The van der Waals surface area contributed by atoms with E-state index in [-0.39, 0.29) is 0 Å². The van der Waals surface area contributed by atoms with Crippen molar-refractivity contribution in [1.29, 1.82) is 0 Å². The van der Waals surface area contributed by atoms with Crippen LogP contribution in [0.2, 0.25) is 5.02 Å². The molecule has 0 atom stereocenters. The number of nitrogens with zero attached hydrogens (tertiary/aromatic N) is 3. The molecule has 0 saturated heterocycles. The van der Waals surface area contributed by atoms with Crippen LogP contribution in [0.15, 0.2) is 30.5 Å². The van der Waals surface area contributed by atoms with E-state index in [0.717, 1.165) is 11.3 Å². The van der Waals surface area contributed by atoms with Gasteiger partial charge in [0, 0.05) is 20.6 Å². The smallest absolute Gasteiger partial charge is 0.224 e. The van der Waals surface area contributed by atoms with Crippen LogP contribution >= 0.6 is 11.6 Å². The van der Waals surface area contributed by atoms with Gasteiger partial charge in [0.05, 0.1) is 13.3 Å². The summed E-state index contributed by atoms with van der Waals surface area (Å²) >= 11 is 6.15. The first-order valence-corrected chi connectivity index (χ1v) is 6.56. The highest BCUT2D eigenvalue weighted by atomic mass is 35.5. The first-order chi connectivity index (χ1) is 9.63. The molecule has 0 unspecified atom stereocenters.